The number of hydrogen-bond donors (Lipinski definition) is 1. The molecule has 0 saturated carbocycles. The van der Waals surface area contributed by atoms with Gasteiger partial charge in [0.1, 0.15) is 0 Å². The first-order chi connectivity index (χ1) is 12.2. The predicted molar refractivity (Wildman–Crippen MR) is 111 cm³/mol. The Labute approximate surface area is 160 Å². The normalized spacial score (nSPS) is 11.2. The van der Waals surface area contributed by atoms with E-state index in [-0.39, 0.29) is 0 Å². The van der Waals surface area contributed by atoms with Crippen LogP contribution in [0.1, 0.15) is 17.5 Å². The topological polar surface area (TPSA) is 21.3 Å². The van der Waals surface area contributed by atoms with Gasteiger partial charge in [-0.15, -0.1) is 0 Å². The van der Waals surface area contributed by atoms with Gasteiger partial charge in [-0.05, 0) is 0 Å². The van der Waals surface area contributed by atoms with Crippen LogP contribution in [0.5, 0.6) is 0 Å². The summed E-state index contributed by atoms with van der Waals surface area (Å²) in [5.41, 5.74) is 1.53. The van der Waals surface area contributed by atoms with Gasteiger partial charge in [0.05, 0.1) is 0 Å². The molecule has 0 atom stereocenters. The second-order valence-corrected chi connectivity index (χ2v) is 13.5. The molecule has 0 aliphatic rings. The maximum atomic E-state index is 5.23. The van der Waals surface area contributed by atoms with Crippen molar-refractivity contribution in [2.45, 2.75) is 19.3 Å². The first kappa shape index (κ1) is 20.2. The van der Waals surface area contributed by atoms with E-state index in [1.54, 1.807) is 0 Å². The Morgan fingerprint density at radius 3 is 1.92 bits per heavy atom. The Hall–Kier alpha value is -1.11. The molecule has 0 fully saturated rings. The molecule has 0 aliphatic heterocycles. The van der Waals surface area contributed by atoms with Crippen LogP contribution in [0.4, 0.5) is 0 Å². The number of hydrogen-bond acceptors (Lipinski definition) is 2. The zero-order valence-electron chi connectivity index (χ0n) is 14.8. The van der Waals surface area contributed by atoms with E-state index in [2.05, 4.69) is 87.4 Å². The number of ether oxygens (including phenoxy) is 1. The molecule has 2 aromatic carbocycles. The molecular weight excluding hydrogens is 392 g/mol. The number of rotatable bonds is 12. The van der Waals surface area contributed by atoms with Crippen molar-refractivity contribution in [1.82, 2.24) is 5.09 Å². The third-order valence-corrected chi connectivity index (χ3v) is 9.97. The van der Waals surface area contributed by atoms with E-state index in [0.29, 0.717) is 0 Å². The molecule has 0 radical (unpaired) electrons. The third kappa shape index (κ3) is 8.21. The summed E-state index contributed by atoms with van der Waals surface area (Å²) < 4.78 is 5.23. The van der Waals surface area contributed by atoms with Gasteiger partial charge in [-0.3, -0.25) is 0 Å². The van der Waals surface area contributed by atoms with E-state index in [9.17, 15) is 0 Å². The van der Waals surface area contributed by atoms with Crippen LogP contribution in [-0.2, 0) is 17.6 Å². The maximum absolute atomic E-state index is 5.23. The van der Waals surface area contributed by atoms with Crippen LogP contribution < -0.4 is 5.09 Å². The van der Waals surface area contributed by atoms with Gasteiger partial charge in [-0.2, -0.15) is 0 Å². The van der Waals surface area contributed by atoms with Crippen LogP contribution in [0.15, 0.2) is 73.5 Å². The molecule has 0 heterocycles. The van der Waals surface area contributed by atoms with Crippen LogP contribution >= 0.6 is 5.66 Å². The zero-order valence-corrected chi connectivity index (χ0v) is 17.4. The van der Waals surface area contributed by atoms with Gasteiger partial charge in [0.25, 0.3) is 0 Å². The summed E-state index contributed by atoms with van der Waals surface area (Å²) in [5, 5.41) is 3.84. The molecule has 1 N–H and O–H groups in total. The van der Waals surface area contributed by atoms with Crippen LogP contribution in [0, 0.1) is 0 Å². The van der Waals surface area contributed by atoms with Crippen molar-refractivity contribution in [1.29, 1.82) is 0 Å². The van der Waals surface area contributed by atoms with E-state index in [0.717, 1.165) is 32.4 Å². The van der Waals surface area contributed by atoms with Gasteiger partial charge >= 0.3 is 160 Å². The summed E-state index contributed by atoms with van der Waals surface area (Å²) in [6.45, 7) is 5.31. The SMILES string of the molecule is C=COCCCNP(=[Se])(CCc1ccccc1)CCc1ccccc1. The Morgan fingerprint density at radius 2 is 1.44 bits per heavy atom. The van der Waals surface area contributed by atoms with Crippen molar-refractivity contribution < 1.29 is 4.74 Å². The van der Waals surface area contributed by atoms with Crippen molar-refractivity contribution in [2.24, 2.45) is 0 Å². The van der Waals surface area contributed by atoms with Gasteiger partial charge in [0.2, 0.25) is 0 Å². The summed E-state index contributed by atoms with van der Waals surface area (Å²) >= 11 is 3.56. The van der Waals surface area contributed by atoms with Gasteiger partial charge < -0.3 is 0 Å². The zero-order chi connectivity index (χ0) is 17.8. The molecule has 2 nitrogen and oxygen atoms in total. The van der Waals surface area contributed by atoms with E-state index in [1.807, 2.05) is 0 Å². The molecule has 4 heteroatoms. The van der Waals surface area contributed by atoms with Crippen molar-refractivity contribution in [3.05, 3.63) is 84.6 Å². The number of benzene rings is 2. The molecule has 0 spiro atoms. The summed E-state index contributed by atoms with van der Waals surface area (Å²) in [4.78, 5) is 0. The fourth-order valence-electron chi connectivity index (χ4n) is 2.70. The van der Waals surface area contributed by atoms with Crippen LogP contribution in [0.2, 0.25) is 0 Å². The molecule has 2 rings (SSSR count). The predicted octanol–water partition coefficient (Wildman–Crippen LogP) is 4.63. The van der Waals surface area contributed by atoms with Crippen molar-refractivity contribution in [3.8, 4) is 0 Å². The van der Waals surface area contributed by atoms with Gasteiger partial charge in [0, 0.05) is 0 Å². The molecule has 2 aromatic rings. The summed E-state index contributed by atoms with van der Waals surface area (Å²) in [6.07, 6.45) is 7.13. The Morgan fingerprint density at radius 1 is 0.920 bits per heavy atom. The minimum absolute atomic E-state index is 0.730. The van der Waals surface area contributed by atoms with E-state index < -0.39 is 5.66 Å². The first-order valence-electron chi connectivity index (χ1n) is 8.85. The van der Waals surface area contributed by atoms with Crippen LogP contribution in [0.25, 0.3) is 0 Å². The monoisotopic (exact) mass is 421 g/mol. The second kappa shape index (κ2) is 11.5. The fourth-order valence-corrected chi connectivity index (χ4v) is 6.77. The van der Waals surface area contributed by atoms with Crippen LogP contribution in [0.3, 0.4) is 0 Å². The average molecular weight is 420 g/mol. The van der Waals surface area contributed by atoms with Crippen LogP contribution in [-0.4, -0.2) is 40.6 Å². The Bertz CT molecular complexity index is 613. The summed E-state index contributed by atoms with van der Waals surface area (Å²) in [5.74, 6) is 0. The first-order valence-corrected chi connectivity index (χ1v) is 13.2. The molecule has 0 unspecified atom stereocenters. The molecular formula is C21H28NOPSe. The Kier molecular flexibility index (Phi) is 9.29. The fraction of sp³-hybridized carbons (Fsp3) is 0.333. The molecule has 134 valence electrons. The average Bonchev–Trinajstić information content (AvgIpc) is 2.67. The molecule has 25 heavy (non-hydrogen) atoms. The third-order valence-electron chi connectivity index (χ3n) is 4.17. The second-order valence-electron chi connectivity index (χ2n) is 6.11. The number of aryl methyl sites for hydroxylation is 2. The molecule has 0 bridgehead atoms. The van der Waals surface area contributed by atoms with Crippen molar-refractivity contribution in [2.75, 3.05) is 25.5 Å². The standard InChI is InChI=1S/C21H28NOPSe/c1-2-23-17-9-16-22-24(25,18-14-20-10-5-3-6-11-20)19-15-21-12-7-4-8-13-21/h2-8,10-13H,1,9,14-19H2,(H,22,25). The van der Waals surface area contributed by atoms with E-state index in [1.165, 1.54) is 29.7 Å². The minimum atomic E-state index is -1.31. The van der Waals surface area contributed by atoms with Gasteiger partial charge in [-0.1, -0.05) is 0 Å². The molecule has 0 aromatic heterocycles. The molecule has 0 amide bonds. The van der Waals surface area contributed by atoms with E-state index >= 15 is 0 Å². The van der Waals surface area contributed by atoms with Gasteiger partial charge in [0.15, 0.2) is 0 Å². The Balaban J connectivity index is 1.91. The van der Waals surface area contributed by atoms with Crippen molar-refractivity contribution >= 4 is 20.8 Å². The molecule has 0 saturated heterocycles. The van der Waals surface area contributed by atoms with Crippen molar-refractivity contribution in [3.63, 3.8) is 0 Å². The summed E-state index contributed by atoms with van der Waals surface area (Å²) in [7, 11) is 0. The van der Waals surface area contributed by atoms with Gasteiger partial charge in [-0.25, -0.2) is 0 Å². The quantitative estimate of drug-likeness (QED) is 0.234. The summed E-state index contributed by atoms with van der Waals surface area (Å²) in [6, 6.07) is 21.5. The molecule has 0 aliphatic carbocycles. The van der Waals surface area contributed by atoms with E-state index in [4.69, 9.17) is 4.74 Å². The number of nitrogens with one attached hydrogen (secondary N) is 1.